The van der Waals surface area contributed by atoms with Crippen molar-refractivity contribution in [2.45, 2.75) is 39.2 Å². The highest BCUT2D eigenvalue weighted by Crippen LogP contribution is 2.40. The first kappa shape index (κ1) is 12.7. The molecule has 3 nitrogen and oxygen atoms in total. The lowest BCUT2D eigenvalue weighted by Crippen LogP contribution is -2.25. The van der Waals surface area contributed by atoms with Crippen LogP contribution < -0.4 is 0 Å². The summed E-state index contributed by atoms with van der Waals surface area (Å²) in [5.41, 5.74) is 2.01. The summed E-state index contributed by atoms with van der Waals surface area (Å²) in [6.45, 7) is 4.63. The summed E-state index contributed by atoms with van der Waals surface area (Å²) in [6, 6.07) is 5.99. The first-order valence-electron chi connectivity index (χ1n) is 7.27. The molecule has 3 rings (SSSR count). The van der Waals surface area contributed by atoms with Crippen LogP contribution in [0.2, 0.25) is 0 Å². The molecule has 1 N–H and O–H groups in total. The summed E-state index contributed by atoms with van der Waals surface area (Å²) in [7, 11) is 0. The van der Waals surface area contributed by atoms with E-state index < -0.39 is 0 Å². The fraction of sp³-hybridized carbons (Fsp3) is 0.562. The van der Waals surface area contributed by atoms with Crippen LogP contribution >= 0.6 is 0 Å². The van der Waals surface area contributed by atoms with Crippen LogP contribution in [0.15, 0.2) is 30.6 Å². The standard InChI is InChI=1S/C16H22N2O/c1-11-6-7-13(9-12(11)2)16(19)14-10-17-18-8-4-3-5-15(14)18/h3-5,8,10-13,16,19H,6-7,9H2,1-2H3. The van der Waals surface area contributed by atoms with Gasteiger partial charge >= 0.3 is 0 Å². The largest absolute Gasteiger partial charge is 0.388 e. The summed E-state index contributed by atoms with van der Waals surface area (Å²) >= 11 is 0. The molecule has 19 heavy (non-hydrogen) atoms. The fourth-order valence-corrected chi connectivity index (χ4v) is 3.31. The Morgan fingerprint density at radius 3 is 2.89 bits per heavy atom. The first-order valence-corrected chi connectivity index (χ1v) is 7.27. The third-order valence-corrected chi connectivity index (χ3v) is 4.86. The third-order valence-electron chi connectivity index (χ3n) is 4.86. The van der Waals surface area contributed by atoms with E-state index in [9.17, 15) is 5.11 Å². The SMILES string of the molecule is CC1CCC(C(O)c2cnn3ccccc23)CC1C. The Morgan fingerprint density at radius 2 is 2.11 bits per heavy atom. The van der Waals surface area contributed by atoms with Crippen molar-refractivity contribution in [3.63, 3.8) is 0 Å². The Balaban J connectivity index is 1.85. The van der Waals surface area contributed by atoms with Gasteiger partial charge in [0.1, 0.15) is 0 Å². The van der Waals surface area contributed by atoms with Crippen LogP contribution in [0.4, 0.5) is 0 Å². The monoisotopic (exact) mass is 258 g/mol. The number of nitrogens with zero attached hydrogens (tertiary/aromatic N) is 2. The van der Waals surface area contributed by atoms with Crippen LogP contribution in [0.3, 0.4) is 0 Å². The zero-order valence-corrected chi connectivity index (χ0v) is 11.7. The van der Waals surface area contributed by atoms with Gasteiger partial charge in [0.25, 0.3) is 0 Å². The van der Waals surface area contributed by atoms with Gasteiger partial charge in [-0.05, 0) is 42.7 Å². The molecule has 1 fully saturated rings. The van der Waals surface area contributed by atoms with Crippen LogP contribution in [0.5, 0.6) is 0 Å². The quantitative estimate of drug-likeness (QED) is 0.896. The second kappa shape index (κ2) is 4.97. The van der Waals surface area contributed by atoms with E-state index >= 15 is 0 Å². The van der Waals surface area contributed by atoms with Crippen LogP contribution in [0.25, 0.3) is 5.52 Å². The van der Waals surface area contributed by atoms with Gasteiger partial charge in [0.05, 0.1) is 17.8 Å². The van der Waals surface area contributed by atoms with E-state index in [1.807, 2.05) is 35.1 Å². The summed E-state index contributed by atoms with van der Waals surface area (Å²) in [4.78, 5) is 0. The molecule has 0 bridgehead atoms. The van der Waals surface area contributed by atoms with E-state index in [2.05, 4.69) is 18.9 Å². The molecule has 4 atom stereocenters. The smallest absolute Gasteiger partial charge is 0.0855 e. The molecule has 2 aromatic rings. The average Bonchev–Trinajstić information content (AvgIpc) is 2.85. The molecule has 1 aliphatic carbocycles. The van der Waals surface area contributed by atoms with Crippen molar-refractivity contribution >= 4 is 5.52 Å². The highest BCUT2D eigenvalue weighted by Gasteiger charge is 2.31. The molecule has 2 aromatic heterocycles. The second-order valence-corrected chi connectivity index (χ2v) is 6.10. The molecular weight excluding hydrogens is 236 g/mol. The van der Waals surface area contributed by atoms with E-state index in [1.54, 1.807) is 0 Å². The average molecular weight is 258 g/mol. The predicted molar refractivity (Wildman–Crippen MR) is 75.8 cm³/mol. The maximum atomic E-state index is 10.7. The zero-order valence-electron chi connectivity index (χ0n) is 11.7. The summed E-state index contributed by atoms with van der Waals surface area (Å²) in [6.07, 6.45) is 6.83. The van der Waals surface area contributed by atoms with Crippen LogP contribution in [-0.4, -0.2) is 14.7 Å². The van der Waals surface area contributed by atoms with Gasteiger partial charge in [0.2, 0.25) is 0 Å². The molecule has 0 spiro atoms. The normalized spacial score (nSPS) is 29.5. The fourth-order valence-electron chi connectivity index (χ4n) is 3.31. The number of hydrogen-bond acceptors (Lipinski definition) is 2. The van der Waals surface area contributed by atoms with Gasteiger partial charge in [-0.2, -0.15) is 5.10 Å². The topological polar surface area (TPSA) is 37.5 Å². The Morgan fingerprint density at radius 1 is 1.26 bits per heavy atom. The molecule has 1 aliphatic rings. The maximum Gasteiger partial charge on any atom is 0.0855 e. The number of fused-ring (bicyclic) bond motifs is 1. The van der Waals surface area contributed by atoms with Crippen molar-refractivity contribution in [2.24, 2.45) is 17.8 Å². The van der Waals surface area contributed by atoms with Gasteiger partial charge in [0, 0.05) is 11.8 Å². The molecule has 0 aromatic carbocycles. The van der Waals surface area contributed by atoms with E-state index in [1.165, 1.54) is 6.42 Å². The first-order chi connectivity index (χ1) is 9.16. The van der Waals surface area contributed by atoms with Gasteiger partial charge in [0.15, 0.2) is 0 Å². The Labute approximate surface area is 114 Å². The molecule has 4 unspecified atom stereocenters. The number of rotatable bonds is 2. The number of aliphatic hydroxyl groups excluding tert-OH is 1. The Bertz CT molecular complexity index is 563. The molecule has 2 heterocycles. The van der Waals surface area contributed by atoms with Crippen LogP contribution in [0.1, 0.15) is 44.8 Å². The number of pyridine rings is 1. The molecule has 3 heteroatoms. The molecule has 0 saturated heterocycles. The Hall–Kier alpha value is -1.35. The molecular formula is C16H22N2O. The van der Waals surface area contributed by atoms with Gasteiger partial charge in [-0.3, -0.25) is 0 Å². The molecule has 1 saturated carbocycles. The highest BCUT2D eigenvalue weighted by molar-refractivity contribution is 5.54. The molecule has 0 radical (unpaired) electrons. The molecule has 0 amide bonds. The van der Waals surface area contributed by atoms with Crippen molar-refractivity contribution in [1.82, 2.24) is 9.61 Å². The minimum atomic E-state index is -0.380. The number of aromatic nitrogens is 2. The summed E-state index contributed by atoms with van der Waals surface area (Å²) in [5.74, 6) is 1.86. The predicted octanol–water partition coefficient (Wildman–Crippen LogP) is 3.44. The van der Waals surface area contributed by atoms with Crippen molar-refractivity contribution in [3.8, 4) is 0 Å². The summed E-state index contributed by atoms with van der Waals surface area (Å²) < 4.78 is 1.84. The Kier molecular flexibility index (Phi) is 3.31. The third kappa shape index (κ3) is 2.27. The van der Waals surface area contributed by atoms with Crippen LogP contribution in [-0.2, 0) is 0 Å². The van der Waals surface area contributed by atoms with E-state index in [4.69, 9.17) is 0 Å². The van der Waals surface area contributed by atoms with E-state index in [0.717, 1.165) is 29.8 Å². The van der Waals surface area contributed by atoms with Crippen molar-refractivity contribution in [2.75, 3.05) is 0 Å². The van der Waals surface area contributed by atoms with Crippen LogP contribution in [0, 0.1) is 17.8 Å². The summed E-state index contributed by atoms with van der Waals surface area (Å²) in [5, 5.41) is 15.0. The molecule has 102 valence electrons. The van der Waals surface area contributed by atoms with E-state index in [-0.39, 0.29) is 6.10 Å². The highest BCUT2D eigenvalue weighted by atomic mass is 16.3. The minimum absolute atomic E-state index is 0.374. The van der Waals surface area contributed by atoms with Gasteiger partial charge in [-0.25, -0.2) is 4.52 Å². The number of aliphatic hydroxyl groups is 1. The van der Waals surface area contributed by atoms with Gasteiger partial charge < -0.3 is 5.11 Å². The maximum absolute atomic E-state index is 10.7. The minimum Gasteiger partial charge on any atom is -0.388 e. The lowest BCUT2D eigenvalue weighted by atomic mass is 9.73. The lowest BCUT2D eigenvalue weighted by Gasteiger charge is -2.34. The van der Waals surface area contributed by atoms with E-state index in [0.29, 0.717) is 11.8 Å². The zero-order chi connectivity index (χ0) is 13.4. The van der Waals surface area contributed by atoms with Crippen molar-refractivity contribution in [3.05, 3.63) is 36.2 Å². The second-order valence-electron chi connectivity index (χ2n) is 6.10. The van der Waals surface area contributed by atoms with Gasteiger partial charge in [-0.15, -0.1) is 0 Å². The number of hydrogen-bond donors (Lipinski definition) is 1. The van der Waals surface area contributed by atoms with Crippen molar-refractivity contribution in [1.29, 1.82) is 0 Å². The van der Waals surface area contributed by atoms with Gasteiger partial charge in [-0.1, -0.05) is 26.3 Å². The molecule has 0 aliphatic heterocycles. The van der Waals surface area contributed by atoms with Crippen molar-refractivity contribution < 1.29 is 5.11 Å². The lowest BCUT2D eigenvalue weighted by molar-refractivity contribution is 0.0570.